The molecule has 0 spiro atoms. The first-order chi connectivity index (χ1) is 10.2. The molecule has 5 heteroatoms. The molecule has 1 aliphatic carbocycles. The van der Waals surface area contributed by atoms with Crippen LogP contribution in [0.25, 0.3) is 0 Å². The third-order valence-corrected chi connectivity index (χ3v) is 4.40. The second kappa shape index (κ2) is 6.54. The fourth-order valence-electron chi connectivity index (χ4n) is 3.11. The lowest BCUT2D eigenvalue weighted by molar-refractivity contribution is -0.384. The van der Waals surface area contributed by atoms with E-state index in [-0.39, 0.29) is 10.6 Å². The lowest BCUT2D eigenvalue weighted by atomic mass is 9.97. The van der Waals surface area contributed by atoms with Gasteiger partial charge < -0.3 is 5.32 Å². The molecule has 0 radical (unpaired) electrons. The van der Waals surface area contributed by atoms with Crippen LogP contribution >= 0.6 is 0 Å². The molecule has 1 atom stereocenters. The third-order valence-electron chi connectivity index (χ3n) is 4.40. The zero-order valence-electron chi connectivity index (χ0n) is 12.3. The normalized spacial score (nSPS) is 23.1. The first kappa shape index (κ1) is 14.5. The second-order valence-corrected chi connectivity index (χ2v) is 6.35. The van der Waals surface area contributed by atoms with Crippen molar-refractivity contribution < 1.29 is 4.92 Å². The van der Waals surface area contributed by atoms with E-state index in [9.17, 15) is 10.1 Å². The van der Waals surface area contributed by atoms with Crippen molar-refractivity contribution in [3.8, 4) is 0 Å². The second-order valence-electron chi connectivity index (χ2n) is 6.35. The van der Waals surface area contributed by atoms with Crippen LogP contribution in [0.2, 0.25) is 0 Å². The van der Waals surface area contributed by atoms with Crippen molar-refractivity contribution in [3.63, 3.8) is 0 Å². The summed E-state index contributed by atoms with van der Waals surface area (Å²) in [5, 5.41) is 14.5. The Labute approximate surface area is 125 Å². The van der Waals surface area contributed by atoms with Gasteiger partial charge in [-0.15, -0.1) is 0 Å². The van der Waals surface area contributed by atoms with Crippen molar-refractivity contribution in [3.05, 3.63) is 39.9 Å². The molecule has 3 rings (SSSR count). The predicted octanol–water partition coefficient (Wildman–Crippen LogP) is 2.56. The number of nitro groups is 1. The highest BCUT2D eigenvalue weighted by atomic mass is 16.6. The van der Waals surface area contributed by atoms with E-state index in [1.165, 1.54) is 25.7 Å². The number of nitrogens with zero attached hydrogens (tertiary/aromatic N) is 2. The summed E-state index contributed by atoms with van der Waals surface area (Å²) in [6, 6.07) is 7.80. The number of benzene rings is 1. The molecule has 114 valence electrons. The molecule has 0 aromatic heterocycles. The van der Waals surface area contributed by atoms with Crippen LogP contribution in [0.3, 0.4) is 0 Å². The van der Waals surface area contributed by atoms with Gasteiger partial charge in [-0.05, 0) is 50.3 Å². The van der Waals surface area contributed by atoms with Gasteiger partial charge >= 0.3 is 0 Å². The number of piperidine rings is 1. The molecule has 2 aliphatic rings. The molecule has 1 aromatic carbocycles. The summed E-state index contributed by atoms with van der Waals surface area (Å²) in [7, 11) is 0. The number of nitro benzene ring substituents is 1. The fourth-order valence-corrected chi connectivity index (χ4v) is 3.11. The third kappa shape index (κ3) is 4.25. The standard InChI is InChI=1S/C16H23N3O2/c20-19(21)16-5-1-3-13(9-16)11-18-8-2-4-14(12-18)10-17-15-6-7-15/h1,3,5,9,14-15,17H,2,4,6-8,10-12H2. The summed E-state index contributed by atoms with van der Waals surface area (Å²) in [5.41, 5.74) is 1.23. The molecule has 2 fully saturated rings. The van der Waals surface area contributed by atoms with Crippen molar-refractivity contribution in [1.29, 1.82) is 0 Å². The largest absolute Gasteiger partial charge is 0.314 e. The Morgan fingerprint density at radius 3 is 2.95 bits per heavy atom. The minimum atomic E-state index is -0.317. The molecular formula is C16H23N3O2. The first-order valence-electron chi connectivity index (χ1n) is 7.90. The quantitative estimate of drug-likeness (QED) is 0.646. The summed E-state index contributed by atoms with van der Waals surface area (Å²) in [5.74, 6) is 0.720. The maximum atomic E-state index is 10.8. The maximum absolute atomic E-state index is 10.8. The van der Waals surface area contributed by atoms with Gasteiger partial charge in [0.15, 0.2) is 0 Å². The first-order valence-corrected chi connectivity index (χ1v) is 7.90. The molecule has 1 saturated heterocycles. The predicted molar refractivity (Wildman–Crippen MR) is 82.1 cm³/mol. The van der Waals surface area contributed by atoms with Crippen molar-refractivity contribution >= 4 is 5.69 Å². The van der Waals surface area contributed by atoms with Gasteiger partial charge in [0.1, 0.15) is 0 Å². The van der Waals surface area contributed by atoms with Crippen molar-refractivity contribution in [1.82, 2.24) is 10.2 Å². The lowest BCUT2D eigenvalue weighted by Gasteiger charge is -2.33. The van der Waals surface area contributed by atoms with Crippen LogP contribution < -0.4 is 5.32 Å². The minimum Gasteiger partial charge on any atom is -0.314 e. The average molecular weight is 289 g/mol. The zero-order valence-corrected chi connectivity index (χ0v) is 12.3. The van der Waals surface area contributed by atoms with Gasteiger partial charge in [0.05, 0.1) is 4.92 Å². The number of hydrogen-bond donors (Lipinski definition) is 1. The van der Waals surface area contributed by atoms with E-state index in [2.05, 4.69) is 10.2 Å². The molecule has 5 nitrogen and oxygen atoms in total. The zero-order chi connectivity index (χ0) is 14.7. The fraction of sp³-hybridized carbons (Fsp3) is 0.625. The Hall–Kier alpha value is -1.46. The number of non-ortho nitro benzene ring substituents is 1. The Kier molecular flexibility index (Phi) is 4.51. The minimum absolute atomic E-state index is 0.191. The summed E-state index contributed by atoms with van der Waals surface area (Å²) >= 11 is 0. The summed E-state index contributed by atoms with van der Waals surface area (Å²) in [4.78, 5) is 13.0. The van der Waals surface area contributed by atoms with Gasteiger partial charge in [0.2, 0.25) is 0 Å². The van der Waals surface area contributed by atoms with Crippen LogP contribution in [-0.2, 0) is 6.54 Å². The Bertz CT molecular complexity index is 502. The van der Waals surface area contributed by atoms with Gasteiger partial charge in [0, 0.05) is 31.3 Å². The van der Waals surface area contributed by atoms with E-state index in [0.717, 1.165) is 43.7 Å². The molecular weight excluding hydrogens is 266 g/mol. The van der Waals surface area contributed by atoms with E-state index in [4.69, 9.17) is 0 Å². The van der Waals surface area contributed by atoms with Gasteiger partial charge in [-0.2, -0.15) is 0 Å². The van der Waals surface area contributed by atoms with Gasteiger partial charge in [0.25, 0.3) is 5.69 Å². The van der Waals surface area contributed by atoms with Crippen molar-refractivity contribution in [2.75, 3.05) is 19.6 Å². The molecule has 1 aliphatic heterocycles. The Morgan fingerprint density at radius 1 is 1.33 bits per heavy atom. The summed E-state index contributed by atoms with van der Waals surface area (Å²) < 4.78 is 0. The molecule has 1 heterocycles. The average Bonchev–Trinajstić information content (AvgIpc) is 3.30. The van der Waals surface area contributed by atoms with Crippen LogP contribution in [0.5, 0.6) is 0 Å². The number of likely N-dealkylation sites (tertiary alicyclic amines) is 1. The highest BCUT2D eigenvalue weighted by molar-refractivity contribution is 5.34. The molecule has 1 saturated carbocycles. The highest BCUT2D eigenvalue weighted by Gasteiger charge is 2.24. The van der Waals surface area contributed by atoms with Crippen molar-refractivity contribution in [2.24, 2.45) is 5.92 Å². The van der Waals surface area contributed by atoms with E-state index >= 15 is 0 Å². The van der Waals surface area contributed by atoms with E-state index in [1.807, 2.05) is 6.07 Å². The van der Waals surface area contributed by atoms with Crippen LogP contribution in [-0.4, -0.2) is 35.5 Å². The van der Waals surface area contributed by atoms with E-state index in [0.29, 0.717) is 0 Å². The van der Waals surface area contributed by atoms with E-state index in [1.54, 1.807) is 18.2 Å². The molecule has 0 bridgehead atoms. The van der Waals surface area contributed by atoms with Crippen LogP contribution in [0.15, 0.2) is 24.3 Å². The lowest BCUT2D eigenvalue weighted by Crippen LogP contribution is -2.39. The monoisotopic (exact) mass is 289 g/mol. The van der Waals surface area contributed by atoms with Gasteiger partial charge in [-0.3, -0.25) is 15.0 Å². The maximum Gasteiger partial charge on any atom is 0.269 e. The van der Waals surface area contributed by atoms with Crippen molar-refractivity contribution in [2.45, 2.75) is 38.3 Å². The van der Waals surface area contributed by atoms with Gasteiger partial charge in [-0.25, -0.2) is 0 Å². The van der Waals surface area contributed by atoms with Crippen LogP contribution in [0.1, 0.15) is 31.2 Å². The molecule has 1 aromatic rings. The Balaban J connectivity index is 1.53. The smallest absolute Gasteiger partial charge is 0.269 e. The summed E-state index contributed by atoms with van der Waals surface area (Å²) in [6.07, 6.45) is 5.20. The molecule has 1 unspecified atom stereocenters. The molecule has 1 N–H and O–H groups in total. The number of rotatable bonds is 6. The molecule has 21 heavy (non-hydrogen) atoms. The Morgan fingerprint density at radius 2 is 2.19 bits per heavy atom. The SMILES string of the molecule is O=[N+]([O-])c1cccc(CN2CCCC(CNC3CC3)C2)c1. The topological polar surface area (TPSA) is 58.4 Å². The molecule has 0 amide bonds. The number of nitrogens with one attached hydrogen (secondary N) is 1. The number of hydrogen-bond acceptors (Lipinski definition) is 4. The van der Waals surface area contributed by atoms with Gasteiger partial charge in [-0.1, -0.05) is 12.1 Å². The van der Waals surface area contributed by atoms with Crippen LogP contribution in [0.4, 0.5) is 5.69 Å². The van der Waals surface area contributed by atoms with Crippen LogP contribution in [0, 0.1) is 16.0 Å². The van der Waals surface area contributed by atoms with E-state index < -0.39 is 0 Å². The summed E-state index contributed by atoms with van der Waals surface area (Å²) in [6.45, 7) is 4.14. The highest BCUT2D eigenvalue weighted by Crippen LogP contribution is 2.23.